The Bertz CT molecular complexity index is 1970. The molecule has 0 unspecified atom stereocenters. The van der Waals surface area contributed by atoms with Gasteiger partial charge in [0.2, 0.25) is 0 Å². The van der Waals surface area contributed by atoms with Crippen LogP contribution in [0.1, 0.15) is 64.2 Å². The number of carbonyl (C=O) groups is 2. The minimum absolute atomic E-state index is 0.00488. The number of alkyl halides is 2. The van der Waals surface area contributed by atoms with Gasteiger partial charge in [0.15, 0.2) is 23.9 Å². The van der Waals surface area contributed by atoms with E-state index >= 15 is 0 Å². The van der Waals surface area contributed by atoms with Gasteiger partial charge in [-0.25, -0.2) is 14.6 Å². The molecule has 3 aliphatic heterocycles. The zero-order valence-electron chi connectivity index (χ0n) is 29.1. The van der Waals surface area contributed by atoms with Gasteiger partial charge in [0.1, 0.15) is 22.0 Å². The molecule has 4 fully saturated rings. The average molecular weight is 784 g/mol. The van der Waals surface area contributed by atoms with Crippen molar-refractivity contribution < 1.29 is 42.4 Å². The number of piperidine rings is 3. The number of amides is 1. The maximum atomic E-state index is 13.9. The van der Waals surface area contributed by atoms with Crippen LogP contribution in [0.2, 0.25) is 10.0 Å². The van der Waals surface area contributed by atoms with Crippen molar-refractivity contribution in [1.82, 2.24) is 9.88 Å². The third kappa shape index (κ3) is 8.80. The Kier molecular flexibility index (Phi) is 11.4. The smallest absolute Gasteiger partial charge is 0.416 e. The molecule has 15 heteroatoms. The lowest BCUT2D eigenvalue weighted by atomic mass is 9.82. The number of nitrogens with zero attached hydrogens (tertiary/aromatic N) is 4. The van der Waals surface area contributed by atoms with E-state index in [9.17, 15) is 28.7 Å². The molecule has 2 aromatic carbocycles. The van der Waals surface area contributed by atoms with E-state index in [1.54, 1.807) is 48.7 Å². The van der Waals surface area contributed by atoms with Crippen LogP contribution in [0, 0.1) is 17.0 Å². The van der Waals surface area contributed by atoms with Crippen LogP contribution < -0.4 is 19.1 Å². The van der Waals surface area contributed by atoms with E-state index in [1.165, 1.54) is 17.0 Å². The largest absolute Gasteiger partial charge is 0.619 e. The number of fused-ring (bicyclic) bond motifs is 3. The molecule has 2 aromatic heterocycles. The number of carboxylic acids is 1. The van der Waals surface area contributed by atoms with Gasteiger partial charge in [-0.3, -0.25) is 9.80 Å². The summed E-state index contributed by atoms with van der Waals surface area (Å²) in [6.07, 6.45) is 6.84. The molecular weight excluding hydrogens is 745 g/mol. The van der Waals surface area contributed by atoms with Crippen LogP contribution in [0.4, 0.5) is 19.4 Å². The van der Waals surface area contributed by atoms with Crippen LogP contribution in [-0.4, -0.2) is 66.0 Å². The van der Waals surface area contributed by atoms with Gasteiger partial charge in [-0.05, 0) is 104 Å². The van der Waals surface area contributed by atoms with Gasteiger partial charge in [-0.2, -0.15) is 13.5 Å². The van der Waals surface area contributed by atoms with Gasteiger partial charge in [0.25, 0.3) is 0 Å². The second-order valence-corrected chi connectivity index (χ2v) is 14.8. The minimum Gasteiger partial charge on any atom is -0.619 e. The van der Waals surface area contributed by atoms with E-state index in [0.717, 1.165) is 51.2 Å². The standard InChI is InChI=1S/C39H38Cl2F2N4O7/c40-31-19-46(51)20-32(41)30(31)17-28(26-7-9-33(53-38(42)43)34(16-26)52-22-23-4-5-23)29-15-24(6-8-27(29)37(48)49)18-47(36-3-1-2-12-44-36)39(50)54-35-21-45-13-10-25(35)11-14-45/h1-3,6-9,12,15-16,19-20,23,25,28,35,38H,4-5,10-11,13-14,17-18,21-22H2,(H,48,49)/t28-,35-/m0/s1. The molecule has 1 saturated carbocycles. The summed E-state index contributed by atoms with van der Waals surface area (Å²) in [5, 5.41) is 22.7. The van der Waals surface area contributed by atoms with Crippen molar-refractivity contribution in [3.63, 3.8) is 0 Å². The number of aromatic carboxylic acids is 1. The number of ether oxygens (including phenoxy) is 3. The number of carbonyl (C=O) groups excluding carboxylic acids is 1. The summed E-state index contributed by atoms with van der Waals surface area (Å²) in [5.74, 6) is -1.23. The summed E-state index contributed by atoms with van der Waals surface area (Å²) in [6, 6.07) is 14.4. The maximum absolute atomic E-state index is 13.9. The molecule has 4 aliphatic rings. The number of aromatic nitrogens is 2. The summed E-state index contributed by atoms with van der Waals surface area (Å²) in [4.78, 5) is 34.9. The highest BCUT2D eigenvalue weighted by Gasteiger charge is 2.38. The normalized spacial score (nSPS) is 19.7. The van der Waals surface area contributed by atoms with Crippen LogP contribution in [0.25, 0.3) is 0 Å². The summed E-state index contributed by atoms with van der Waals surface area (Å²) >= 11 is 13.1. The number of carboxylic acid groups (broad SMARTS) is 1. The topological polar surface area (TPSA) is 128 Å². The molecule has 0 radical (unpaired) electrons. The van der Waals surface area contributed by atoms with Crippen LogP contribution >= 0.6 is 23.2 Å². The fourth-order valence-corrected chi connectivity index (χ4v) is 7.84. The highest BCUT2D eigenvalue weighted by molar-refractivity contribution is 6.35. The molecule has 4 aromatic rings. The van der Waals surface area contributed by atoms with Crippen molar-refractivity contribution in [3.05, 3.63) is 116 Å². The molecule has 11 nitrogen and oxygen atoms in total. The second-order valence-electron chi connectivity index (χ2n) is 13.9. The third-order valence-electron chi connectivity index (χ3n) is 10.3. The molecule has 284 valence electrons. The van der Waals surface area contributed by atoms with Gasteiger partial charge in [-0.15, -0.1) is 0 Å². The number of rotatable bonds is 14. The Labute approximate surface area is 320 Å². The van der Waals surface area contributed by atoms with Crippen molar-refractivity contribution in [2.24, 2.45) is 11.8 Å². The average Bonchev–Trinajstić information content (AvgIpc) is 3.98. The maximum Gasteiger partial charge on any atom is 0.416 e. The number of pyridine rings is 2. The fraction of sp³-hybridized carbons (Fsp3) is 0.385. The molecule has 0 spiro atoms. The Morgan fingerprint density at radius 3 is 2.41 bits per heavy atom. The molecule has 2 atom stereocenters. The van der Waals surface area contributed by atoms with Gasteiger partial charge in [0, 0.05) is 24.2 Å². The first kappa shape index (κ1) is 37.6. The third-order valence-corrected chi connectivity index (χ3v) is 10.9. The molecule has 1 amide bonds. The first-order valence-corrected chi connectivity index (χ1v) is 18.5. The fourth-order valence-electron chi connectivity index (χ4n) is 7.24. The lowest BCUT2D eigenvalue weighted by molar-refractivity contribution is -0.605. The predicted molar refractivity (Wildman–Crippen MR) is 196 cm³/mol. The number of hydrogen-bond donors (Lipinski definition) is 1. The SMILES string of the molecule is O=C(O)c1ccc(CN(C(=O)O[C@H]2CN3CCC2CC3)c2ccccn2)cc1[C@@H](Cc1c(Cl)c[n+]([O-])cc1Cl)c1ccc(OC(F)F)c(OCC2CC2)c1. The van der Waals surface area contributed by atoms with Crippen molar-refractivity contribution in [3.8, 4) is 11.5 Å². The first-order valence-electron chi connectivity index (χ1n) is 17.8. The van der Waals surface area contributed by atoms with Gasteiger partial charge in [0.05, 0.1) is 18.7 Å². The Balaban J connectivity index is 1.29. The van der Waals surface area contributed by atoms with E-state index in [4.69, 9.17) is 37.4 Å². The van der Waals surface area contributed by atoms with Gasteiger partial charge in [-0.1, -0.05) is 47.5 Å². The molecular formula is C39H38Cl2F2N4O7. The predicted octanol–water partition coefficient (Wildman–Crippen LogP) is 7.72. The van der Waals surface area contributed by atoms with Crippen LogP contribution in [0.15, 0.2) is 73.2 Å². The molecule has 3 saturated heterocycles. The van der Waals surface area contributed by atoms with Gasteiger partial charge < -0.3 is 24.5 Å². The molecule has 8 rings (SSSR count). The Hall–Kier alpha value is -4.72. The van der Waals surface area contributed by atoms with Crippen LogP contribution in [0.5, 0.6) is 11.5 Å². The van der Waals surface area contributed by atoms with E-state index in [0.29, 0.717) is 51.9 Å². The summed E-state index contributed by atoms with van der Waals surface area (Å²) in [6.45, 7) is -0.204. The lowest BCUT2D eigenvalue weighted by Gasteiger charge is -2.44. The van der Waals surface area contributed by atoms with Crippen LogP contribution in [0.3, 0.4) is 0 Å². The molecule has 2 bridgehead atoms. The van der Waals surface area contributed by atoms with Crippen molar-refractivity contribution >= 4 is 41.1 Å². The van der Waals surface area contributed by atoms with E-state index < -0.39 is 24.6 Å². The number of hydrogen-bond acceptors (Lipinski definition) is 8. The van der Waals surface area contributed by atoms with Crippen molar-refractivity contribution in [2.75, 3.05) is 31.1 Å². The highest BCUT2D eigenvalue weighted by Crippen LogP contribution is 2.41. The summed E-state index contributed by atoms with van der Waals surface area (Å²) < 4.78 is 44.2. The first-order chi connectivity index (χ1) is 26.0. The second kappa shape index (κ2) is 16.3. The zero-order valence-corrected chi connectivity index (χ0v) is 30.6. The van der Waals surface area contributed by atoms with Crippen molar-refractivity contribution in [2.45, 2.75) is 57.3 Å². The number of halogens is 4. The molecule has 54 heavy (non-hydrogen) atoms. The lowest BCUT2D eigenvalue weighted by Crippen LogP contribution is -2.53. The summed E-state index contributed by atoms with van der Waals surface area (Å²) in [7, 11) is 0. The van der Waals surface area contributed by atoms with Crippen LogP contribution in [-0.2, 0) is 17.7 Å². The molecule has 5 heterocycles. The van der Waals surface area contributed by atoms with E-state index in [-0.39, 0.29) is 52.1 Å². The number of anilines is 1. The Morgan fingerprint density at radius 1 is 1.02 bits per heavy atom. The summed E-state index contributed by atoms with van der Waals surface area (Å²) in [5.41, 5.74) is 1.66. The monoisotopic (exact) mass is 782 g/mol. The zero-order chi connectivity index (χ0) is 37.9. The van der Waals surface area contributed by atoms with E-state index in [1.807, 2.05) is 0 Å². The van der Waals surface area contributed by atoms with Crippen molar-refractivity contribution in [1.29, 1.82) is 0 Å². The van der Waals surface area contributed by atoms with Gasteiger partial charge >= 0.3 is 18.7 Å². The number of benzene rings is 2. The molecule has 1 N–H and O–H groups in total. The quantitative estimate of drug-likeness (QED) is 0.101. The van der Waals surface area contributed by atoms with E-state index in [2.05, 4.69) is 9.88 Å². The Morgan fingerprint density at radius 2 is 1.78 bits per heavy atom. The highest BCUT2D eigenvalue weighted by atomic mass is 35.5. The minimum atomic E-state index is -3.11. The molecule has 1 aliphatic carbocycles.